The highest BCUT2D eigenvalue weighted by Crippen LogP contribution is 2.46. The van der Waals surface area contributed by atoms with Gasteiger partial charge in [-0.25, -0.2) is 0 Å². The van der Waals surface area contributed by atoms with Gasteiger partial charge in [0.1, 0.15) is 11.4 Å². The maximum Gasteiger partial charge on any atom is 0.125 e. The summed E-state index contributed by atoms with van der Waals surface area (Å²) in [7, 11) is 0. The highest BCUT2D eigenvalue weighted by atomic mass is 35.5. The molecule has 2 unspecified atom stereocenters. The van der Waals surface area contributed by atoms with Crippen molar-refractivity contribution in [1.29, 1.82) is 0 Å². The Hall–Kier alpha value is -0.730. The largest absolute Gasteiger partial charge is 0.493 e. The van der Waals surface area contributed by atoms with Crippen molar-refractivity contribution in [1.82, 2.24) is 0 Å². The number of para-hydroxylation sites is 1. The molecule has 0 amide bonds. The first-order chi connectivity index (χ1) is 7.80. The highest BCUT2D eigenvalue weighted by Gasteiger charge is 2.42. The molecule has 16 heavy (non-hydrogen) atoms. The molecule has 1 fully saturated rings. The normalized spacial score (nSPS) is 33.2. The van der Waals surface area contributed by atoms with Crippen LogP contribution in [0.1, 0.15) is 24.8 Å². The summed E-state index contributed by atoms with van der Waals surface area (Å²) in [5, 5.41) is 0.222. The quantitative estimate of drug-likeness (QED) is 0.647. The first-order valence-corrected chi connectivity index (χ1v) is 6.24. The van der Waals surface area contributed by atoms with Crippen LogP contribution >= 0.6 is 11.6 Å². The fourth-order valence-electron chi connectivity index (χ4n) is 2.69. The summed E-state index contributed by atoms with van der Waals surface area (Å²) in [6.07, 6.45) is 2.76. The van der Waals surface area contributed by atoms with Gasteiger partial charge in [-0.15, -0.1) is 11.6 Å². The van der Waals surface area contributed by atoms with Crippen LogP contribution in [-0.4, -0.2) is 18.6 Å². The second kappa shape index (κ2) is 3.94. The maximum atomic E-state index is 6.29. The van der Waals surface area contributed by atoms with E-state index in [4.69, 9.17) is 21.1 Å². The van der Waals surface area contributed by atoms with Crippen molar-refractivity contribution in [2.75, 3.05) is 13.2 Å². The molecule has 0 N–H and O–H groups in total. The molecule has 1 aromatic carbocycles. The third-order valence-electron chi connectivity index (χ3n) is 3.50. The molecular formula is C13H15ClO2. The number of halogens is 1. The first-order valence-electron chi connectivity index (χ1n) is 5.80. The fourth-order valence-corrected chi connectivity index (χ4v) is 3.03. The topological polar surface area (TPSA) is 18.5 Å². The number of hydrogen-bond donors (Lipinski definition) is 0. The number of hydrogen-bond acceptors (Lipinski definition) is 2. The van der Waals surface area contributed by atoms with E-state index >= 15 is 0 Å². The number of benzene rings is 1. The summed E-state index contributed by atoms with van der Waals surface area (Å²) in [4.78, 5) is 0. The summed E-state index contributed by atoms with van der Waals surface area (Å²) in [6.45, 7) is 1.48. The highest BCUT2D eigenvalue weighted by molar-refractivity contribution is 6.20. The Morgan fingerprint density at radius 3 is 3.00 bits per heavy atom. The van der Waals surface area contributed by atoms with Crippen molar-refractivity contribution in [2.45, 2.75) is 30.2 Å². The Bertz CT molecular complexity index is 393. The smallest absolute Gasteiger partial charge is 0.125 e. The Kier molecular flexibility index (Phi) is 2.56. The predicted octanol–water partition coefficient (Wildman–Crippen LogP) is 3.08. The molecule has 0 radical (unpaired) electrons. The van der Waals surface area contributed by atoms with Gasteiger partial charge in [0, 0.05) is 24.0 Å². The lowest BCUT2D eigenvalue weighted by Gasteiger charge is -2.42. The van der Waals surface area contributed by atoms with E-state index in [1.807, 2.05) is 18.2 Å². The average molecular weight is 239 g/mol. The summed E-state index contributed by atoms with van der Waals surface area (Å²) < 4.78 is 11.7. The molecule has 2 aliphatic heterocycles. The van der Waals surface area contributed by atoms with Crippen molar-refractivity contribution in [3.05, 3.63) is 29.8 Å². The molecule has 0 saturated carbocycles. The summed E-state index contributed by atoms with van der Waals surface area (Å²) in [6, 6.07) is 8.15. The van der Waals surface area contributed by atoms with E-state index in [-0.39, 0.29) is 11.0 Å². The molecule has 2 nitrogen and oxygen atoms in total. The standard InChI is InChI=1S/C13H15ClO2/c14-10-5-7-16-13(9-10)6-8-15-12-4-2-1-3-11(12)13/h1-4,10H,5-9H2. The zero-order chi connectivity index (χ0) is 11.0. The molecule has 2 heterocycles. The monoisotopic (exact) mass is 238 g/mol. The van der Waals surface area contributed by atoms with Gasteiger partial charge in [0.05, 0.1) is 6.61 Å². The minimum absolute atomic E-state index is 0.195. The van der Waals surface area contributed by atoms with E-state index in [1.54, 1.807) is 0 Å². The van der Waals surface area contributed by atoms with Crippen LogP contribution in [0.4, 0.5) is 0 Å². The Morgan fingerprint density at radius 1 is 1.25 bits per heavy atom. The van der Waals surface area contributed by atoms with Crippen LogP contribution in [0.25, 0.3) is 0 Å². The zero-order valence-corrected chi connectivity index (χ0v) is 9.87. The SMILES string of the molecule is ClC1CCOC2(CCOc3ccccc32)C1. The maximum absolute atomic E-state index is 6.29. The number of rotatable bonds is 0. The van der Waals surface area contributed by atoms with Gasteiger partial charge in [0.25, 0.3) is 0 Å². The predicted molar refractivity (Wildman–Crippen MR) is 63.1 cm³/mol. The van der Waals surface area contributed by atoms with Crippen LogP contribution in [0.5, 0.6) is 5.75 Å². The minimum Gasteiger partial charge on any atom is -0.493 e. The third kappa shape index (κ3) is 1.61. The number of ether oxygens (including phenoxy) is 2. The van der Waals surface area contributed by atoms with Gasteiger partial charge in [-0.3, -0.25) is 0 Å². The van der Waals surface area contributed by atoms with Crippen molar-refractivity contribution in [3.8, 4) is 5.75 Å². The van der Waals surface area contributed by atoms with E-state index in [0.29, 0.717) is 0 Å². The molecule has 0 aliphatic carbocycles. The van der Waals surface area contributed by atoms with Crippen LogP contribution < -0.4 is 4.74 Å². The van der Waals surface area contributed by atoms with Crippen molar-refractivity contribution < 1.29 is 9.47 Å². The second-order valence-corrected chi connectivity index (χ2v) is 5.14. The van der Waals surface area contributed by atoms with Gasteiger partial charge in [0.15, 0.2) is 0 Å². The molecule has 86 valence electrons. The zero-order valence-electron chi connectivity index (χ0n) is 9.12. The molecule has 1 spiro atoms. The van der Waals surface area contributed by atoms with Gasteiger partial charge in [-0.1, -0.05) is 18.2 Å². The number of alkyl halides is 1. The molecule has 2 aliphatic rings. The van der Waals surface area contributed by atoms with Gasteiger partial charge in [0.2, 0.25) is 0 Å². The summed E-state index contributed by atoms with van der Waals surface area (Å²) in [5.41, 5.74) is 0.978. The fraction of sp³-hybridized carbons (Fsp3) is 0.538. The molecule has 3 rings (SSSR count). The average Bonchev–Trinajstić information content (AvgIpc) is 2.30. The molecule has 0 bridgehead atoms. The second-order valence-electron chi connectivity index (χ2n) is 4.53. The molecule has 0 aromatic heterocycles. The van der Waals surface area contributed by atoms with Crippen LogP contribution in [0, 0.1) is 0 Å². The Morgan fingerprint density at radius 2 is 2.12 bits per heavy atom. The van der Waals surface area contributed by atoms with E-state index in [2.05, 4.69) is 6.07 Å². The molecule has 3 heteroatoms. The van der Waals surface area contributed by atoms with Gasteiger partial charge < -0.3 is 9.47 Å². The lowest BCUT2D eigenvalue weighted by Crippen LogP contribution is -2.41. The van der Waals surface area contributed by atoms with Gasteiger partial charge in [-0.2, -0.15) is 0 Å². The Balaban J connectivity index is 2.02. The van der Waals surface area contributed by atoms with Crippen molar-refractivity contribution >= 4 is 11.6 Å². The summed E-state index contributed by atoms with van der Waals surface area (Å²) in [5.74, 6) is 0.958. The van der Waals surface area contributed by atoms with Crippen molar-refractivity contribution in [3.63, 3.8) is 0 Å². The van der Waals surface area contributed by atoms with Crippen LogP contribution in [0.2, 0.25) is 0 Å². The molecular weight excluding hydrogens is 224 g/mol. The van der Waals surface area contributed by atoms with E-state index in [1.165, 1.54) is 5.56 Å². The Labute approximate surface area is 101 Å². The summed E-state index contributed by atoms with van der Waals surface area (Å²) >= 11 is 6.29. The number of fused-ring (bicyclic) bond motifs is 2. The molecule has 1 aromatic rings. The van der Waals surface area contributed by atoms with E-state index in [0.717, 1.165) is 38.2 Å². The van der Waals surface area contributed by atoms with Crippen LogP contribution in [-0.2, 0) is 10.3 Å². The van der Waals surface area contributed by atoms with Crippen LogP contribution in [0.3, 0.4) is 0 Å². The lowest BCUT2D eigenvalue weighted by molar-refractivity contribution is -0.103. The van der Waals surface area contributed by atoms with E-state index < -0.39 is 0 Å². The first kappa shape index (κ1) is 10.4. The van der Waals surface area contributed by atoms with Gasteiger partial charge >= 0.3 is 0 Å². The van der Waals surface area contributed by atoms with Crippen LogP contribution in [0.15, 0.2) is 24.3 Å². The third-order valence-corrected chi connectivity index (χ3v) is 3.87. The molecule has 1 saturated heterocycles. The van der Waals surface area contributed by atoms with Gasteiger partial charge in [-0.05, 0) is 18.9 Å². The minimum atomic E-state index is -0.195. The lowest BCUT2D eigenvalue weighted by atomic mass is 9.82. The van der Waals surface area contributed by atoms with Crippen molar-refractivity contribution in [2.24, 2.45) is 0 Å². The molecule has 2 atom stereocenters. The van der Waals surface area contributed by atoms with E-state index in [9.17, 15) is 0 Å².